The van der Waals surface area contributed by atoms with Gasteiger partial charge in [0.15, 0.2) is 0 Å². The van der Waals surface area contributed by atoms with Crippen molar-refractivity contribution in [1.82, 2.24) is 5.32 Å². The van der Waals surface area contributed by atoms with Gasteiger partial charge in [0.05, 0.1) is 5.37 Å². The van der Waals surface area contributed by atoms with Crippen LogP contribution in [-0.2, 0) is 0 Å². The lowest BCUT2D eigenvalue weighted by atomic mass is 10.4. The number of nitrogens with two attached hydrogens (primary N) is 1. The molecule has 0 saturated carbocycles. The summed E-state index contributed by atoms with van der Waals surface area (Å²) in [6.45, 7) is 0. The highest BCUT2D eigenvalue weighted by Gasteiger charge is 2.18. The Balaban J connectivity index is 2.09. The van der Waals surface area contributed by atoms with Gasteiger partial charge in [-0.3, -0.25) is 0 Å². The molecule has 3 N–H and O–H groups in total. The Morgan fingerprint density at radius 2 is 2.50 bits per heavy atom. The Labute approximate surface area is 52.0 Å². The van der Waals surface area contributed by atoms with Gasteiger partial charge in [-0.05, 0) is 12.2 Å². The summed E-state index contributed by atoms with van der Waals surface area (Å²) in [5.74, 6) is 1.14. The number of amides is 2. The average Bonchev–Trinajstić information content (AvgIpc) is 1.55. The predicted molar refractivity (Wildman–Crippen MR) is 33.6 cm³/mol. The van der Waals surface area contributed by atoms with Crippen LogP contribution in [0.15, 0.2) is 0 Å². The van der Waals surface area contributed by atoms with Crippen LogP contribution in [0.1, 0.15) is 6.42 Å². The summed E-state index contributed by atoms with van der Waals surface area (Å²) >= 11 is 1.72. The lowest BCUT2D eigenvalue weighted by Gasteiger charge is -2.24. The van der Waals surface area contributed by atoms with E-state index in [0.717, 1.165) is 12.2 Å². The number of thioether (sulfide) groups is 1. The summed E-state index contributed by atoms with van der Waals surface area (Å²) in [4.78, 5) is 10.1. The molecule has 2 amide bonds. The zero-order chi connectivity index (χ0) is 5.98. The Morgan fingerprint density at radius 1 is 1.88 bits per heavy atom. The molecule has 4 heteroatoms. The van der Waals surface area contributed by atoms with E-state index in [4.69, 9.17) is 5.73 Å². The van der Waals surface area contributed by atoms with E-state index in [-0.39, 0.29) is 0 Å². The van der Waals surface area contributed by atoms with Crippen LogP contribution in [0.5, 0.6) is 0 Å². The third kappa shape index (κ3) is 1.30. The van der Waals surface area contributed by atoms with Crippen molar-refractivity contribution in [3.05, 3.63) is 0 Å². The molecule has 0 radical (unpaired) electrons. The van der Waals surface area contributed by atoms with Crippen molar-refractivity contribution in [2.75, 3.05) is 5.75 Å². The molecule has 1 rings (SSSR count). The molecule has 1 heterocycles. The second kappa shape index (κ2) is 2.26. The molecule has 1 saturated heterocycles. The van der Waals surface area contributed by atoms with Crippen molar-refractivity contribution in [2.45, 2.75) is 11.8 Å². The quantitative estimate of drug-likeness (QED) is 0.532. The molecule has 1 aliphatic heterocycles. The normalized spacial score (nSPS) is 26.2. The first-order valence-electron chi connectivity index (χ1n) is 2.46. The summed E-state index contributed by atoms with van der Waals surface area (Å²) < 4.78 is 0. The van der Waals surface area contributed by atoms with Crippen LogP contribution in [0.3, 0.4) is 0 Å². The van der Waals surface area contributed by atoms with Crippen LogP contribution < -0.4 is 11.1 Å². The van der Waals surface area contributed by atoms with Crippen LogP contribution in [0.25, 0.3) is 0 Å². The third-order valence-corrected chi connectivity index (χ3v) is 2.23. The van der Waals surface area contributed by atoms with Crippen molar-refractivity contribution >= 4 is 17.8 Å². The van der Waals surface area contributed by atoms with Crippen molar-refractivity contribution in [3.63, 3.8) is 0 Å². The first-order valence-corrected chi connectivity index (χ1v) is 3.51. The average molecular weight is 132 g/mol. The molecule has 8 heavy (non-hydrogen) atoms. The molecule has 0 aliphatic carbocycles. The van der Waals surface area contributed by atoms with Gasteiger partial charge >= 0.3 is 6.03 Å². The maximum absolute atomic E-state index is 10.1. The van der Waals surface area contributed by atoms with E-state index in [1.807, 2.05) is 0 Å². The topological polar surface area (TPSA) is 55.1 Å². The van der Waals surface area contributed by atoms with Gasteiger partial charge in [-0.25, -0.2) is 4.79 Å². The number of urea groups is 1. The van der Waals surface area contributed by atoms with Gasteiger partial charge in [0.25, 0.3) is 0 Å². The van der Waals surface area contributed by atoms with Gasteiger partial charge in [0.2, 0.25) is 0 Å². The van der Waals surface area contributed by atoms with E-state index in [1.54, 1.807) is 11.8 Å². The number of carbonyl (C=O) groups excluding carboxylic acids is 1. The number of rotatable bonds is 1. The molecular weight excluding hydrogens is 124 g/mol. The number of hydrogen-bond donors (Lipinski definition) is 2. The lowest BCUT2D eigenvalue weighted by molar-refractivity contribution is 0.247. The van der Waals surface area contributed by atoms with Crippen LogP contribution >= 0.6 is 11.8 Å². The predicted octanol–water partition coefficient (Wildman–Crippen LogP) is 0.118. The molecule has 0 bridgehead atoms. The van der Waals surface area contributed by atoms with Gasteiger partial charge in [0.1, 0.15) is 0 Å². The molecule has 0 aromatic rings. The molecule has 0 aromatic heterocycles. The minimum absolute atomic E-state index is 0.299. The summed E-state index contributed by atoms with van der Waals surface area (Å²) in [6, 6.07) is -0.415. The molecule has 1 aliphatic rings. The maximum Gasteiger partial charge on any atom is 0.313 e. The van der Waals surface area contributed by atoms with E-state index in [9.17, 15) is 4.79 Å². The van der Waals surface area contributed by atoms with Crippen LogP contribution in [0, 0.1) is 0 Å². The highest BCUT2D eigenvalue weighted by atomic mass is 32.2. The molecule has 46 valence electrons. The van der Waals surface area contributed by atoms with E-state index < -0.39 is 6.03 Å². The fourth-order valence-corrected chi connectivity index (χ4v) is 1.18. The second-order valence-corrected chi connectivity index (χ2v) is 2.97. The highest BCUT2D eigenvalue weighted by molar-refractivity contribution is 8.01. The minimum Gasteiger partial charge on any atom is -0.352 e. The Morgan fingerprint density at radius 3 is 2.62 bits per heavy atom. The molecule has 0 spiro atoms. The fraction of sp³-hybridized carbons (Fsp3) is 0.750. The van der Waals surface area contributed by atoms with Gasteiger partial charge in [-0.1, -0.05) is 0 Å². The van der Waals surface area contributed by atoms with Crippen LogP contribution in [0.4, 0.5) is 4.79 Å². The third-order valence-electron chi connectivity index (χ3n) is 1.00. The number of primary amides is 1. The minimum atomic E-state index is -0.415. The van der Waals surface area contributed by atoms with E-state index >= 15 is 0 Å². The summed E-state index contributed by atoms with van der Waals surface area (Å²) in [6.07, 6.45) is 1.06. The van der Waals surface area contributed by atoms with Gasteiger partial charge in [0, 0.05) is 0 Å². The number of hydrogen-bond acceptors (Lipinski definition) is 2. The molecule has 3 nitrogen and oxygen atoms in total. The highest BCUT2D eigenvalue weighted by Crippen LogP contribution is 2.24. The van der Waals surface area contributed by atoms with Crippen molar-refractivity contribution in [3.8, 4) is 0 Å². The smallest absolute Gasteiger partial charge is 0.313 e. The lowest BCUT2D eigenvalue weighted by Crippen LogP contribution is -2.40. The van der Waals surface area contributed by atoms with Gasteiger partial charge in [-0.2, -0.15) is 0 Å². The molecule has 1 fully saturated rings. The Bertz CT molecular complexity index is 102. The largest absolute Gasteiger partial charge is 0.352 e. The Kier molecular flexibility index (Phi) is 1.62. The monoisotopic (exact) mass is 132 g/mol. The van der Waals surface area contributed by atoms with Crippen molar-refractivity contribution < 1.29 is 4.79 Å². The first-order chi connectivity index (χ1) is 3.79. The summed E-state index contributed by atoms with van der Waals surface area (Å²) in [5.41, 5.74) is 4.84. The zero-order valence-electron chi connectivity index (χ0n) is 4.39. The van der Waals surface area contributed by atoms with Gasteiger partial charge < -0.3 is 11.1 Å². The molecule has 0 aromatic carbocycles. The van der Waals surface area contributed by atoms with E-state index in [2.05, 4.69) is 5.32 Å². The van der Waals surface area contributed by atoms with Crippen LogP contribution in [0.2, 0.25) is 0 Å². The zero-order valence-corrected chi connectivity index (χ0v) is 5.20. The fourth-order valence-electron chi connectivity index (χ4n) is 0.508. The van der Waals surface area contributed by atoms with Crippen LogP contribution in [-0.4, -0.2) is 17.2 Å². The van der Waals surface area contributed by atoms with Crippen molar-refractivity contribution in [2.24, 2.45) is 5.73 Å². The Hall–Kier alpha value is -0.380. The summed E-state index contributed by atoms with van der Waals surface area (Å²) in [5, 5.41) is 2.88. The SMILES string of the molecule is NC(=O)NC1CCS1. The standard InChI is InChI=1S/C4H8N2OS/c5-4(7)6-3-1-2-8-3/h3H,1-2H2,(H3,5,6,7). The second-order valence-electron chi connectivity index (χ2n) is 1.66. The van der Waals surface area contributed by atoms with Crippen molar-refractivity contribution in [1.29, 1.82) is 0 Å². The van der Waals surface area contributed by atoms with E-state index in [0.29, 0.717) is 5.37 Å². The summed E-state index contributed by atoms with van der Waals surface area (Å²) in [7, 11) is 0. The molecule has 1 atom stereocenters. The first kappa shape index (κ1) is 5.75. The maximum atomic E-state index is 10.1. The molecular formula is C4H8N2OS. The van der Waals surface area contributed by atoms with Gasteiger partial charge in [-0.15, -0.1) is 11.8 Å². The van der Waals surface area contributed by atoms with E-state index in [1.165, 1.54) is 0 Å². The molecule has 1 unspecified atom stereocenters. The number of nitrogens with one attached hydrogen (secondary N) is 1. The number of carbonyl (C=O) groups is 1.